The van der Waals surface area contributed by atoms with Gasteiger partial charge in [-0.15, -0.1) is 11.3 Å². The zero-order valence-electron chi connectivity index (χ0n) is 11.2. The van der Waals surface area contributed by atoms with E-state index in [4.69, 9.17) is 0 Å². The molecule has 0 radical (unpaired) electrons. The van der Waals surface area contributed by atoms with E-state index in [-0.39, 0.29) is 5.41 Å². The molecule has 1 N–H and O–H groups in total. The highest BCUT2D eigenvalue weighted by Gasteiger charge is 2.17. The van der Waals surface area contributed by atoms with E-state index in [1.54, 1.807) is 17.7 Å². The van der Waals surface area contributed by atoms with Gasteiger partial charge in [0.25, 0.3) is 0 Å². The van der Waals surface area contributed by atoms with Crippen molar-refractivity contribution in [3.05, 3.63) is 34.2 Å². The van der Waals surface area contributed by atoms with E-state index in [1.807, 2.05) is 13.1 Å². The van der Waals surface area contributed by atoms with Gasteiger partial charge in [0.1, 0.15) is 12.1 Å². The molecule has 0 fully saturated rings. The Morgan fingerprint density at radius 3 is 2.67 bits per heavy atom. The van der Waals surface area contributed by atoms with E-state index in [1.165, 1.54) is 0 Å². The molecule has 2 aromatic rings. The number of anilines is 1. The minimum Gasteiger partial charge on any atom is -0.373 e. The largest absolute Gasteiger partial charge is 0.373 e. The van der Waals surface area contributed by atoms with Crippen LogP contribution >= 0.6 is 11.3 Å². The van der Waals surface area contributed by atoms with Crippen molar-refractivity contribution in [2.75, 3.05) is 12.4 Å². The fourth-order valence-corrected chi connectivity index (χ4v) is 2.56. The summed E-state index contributed by atoms with van der Waals surface area (Å²) in [5.41, 5.74) is 2.24. The first kappa shape index (κ1) is 13.0. The second-order valence-corrected chi connectivity index (χ2v) is 6.14. The molecule has 0 saturated heterocycles. The van der Waals surface area contributed by atoms with Crippen molar-refractivity contribution in [3.8, 4) is 0 Å². The number of nitrogens with zero attached hydrogens (tertiary/aromatic N) is 3. The minimum atomic E-state index is 0.108. The molecule has 0 atom stereocenters. The predicted molar refractivity (Wildman–Crippen MR) is 75.2 cm³/mol. The highest BCUT2D eigenvalue weighted by molar-refractivity contribution is 7.09. The van der Waals surface area contributed by atoms with E-state index in [0.717, 1.165) is 28.6 Å². The monoisotopic (exact) mass is 262 g/mol. The molecule has 0 aromatic carbocycles. The first-order valence-corrected chi connectivity index (χ1v) is 6.80. The van der Waals surface area contributed by atoms with E-state index in [9.17, 15) is 0 Å². The summed E-state index contributed by atoms with van der Waals surface area (Å²) in [4.78, 5) is 13.0. The first-order chi connectivity index (χ1) is 8.49. The number of rotatable bonds is 3. The Morgan fingerprint density at radius 2 is 2.06 bits per heavy atom. The fraction of sp³-hybridized carbons (Fsp3) is 0.462. The Bertz CT molecular complexity index is 528. The van der Waals surface area contributed by atoms with Gasteiger partial charge in [0.15, 0.2) is 0 Å². The zero-order valence-corrected chi connectivity index (χ0v) is 12.0. The molecule has 0 aliphatic carbocycles. The van der Waals surface area contributed by atoms with Gasteiger partial charge in [-0.05, 0) is 0 Å². The lowest BCUT2D eigenvalue weighted by Crippen LogP contribution is -2.11. The number of aromatic nitrogens is 3. The van der Waals surface area contributed by atoms with Gasteiger partial charge in [-0.25, -0.2) is 15.0 Å². The van der Waals surface area contributed by atoms with Crippen molar-refractivity contribution < 1.29 is 0 Å². The normalized spacial score (nSPS) is 11.6. The molecular weight excluding hydrogens is 244 g/mol. The average molecular weight is 262 g/mol. The van der Waals surface area contributed by atoms with Crippen LogP contribution in [-0.4, -0.2) is 22.0 Å². The summed E-state index contributed by atoms with van der Waals surface area (Å²) in [5, 5.41) is 6.25. The summed E-state index contributed by atoms with van der Waals surface area (Å²) in [6, 6.07) is 1.96. The van der Waals surface area contributed by atoms with Crippen molar-refractivity contribution in [2.24, 2.45) is 0 Å². The lowest BCUT2D eigenvalue weighted by molar-refractivity contribution is 0.571. The zero-order chi connectivity index (χ0) is 13.2. The van der Waals surface area contributed by atoms with Crippen LogP contribution in [0.2, 0.25) is 0 Å². The maximum Gasteiger partial charge on any atom is 0.129 e. The SMILES string of the molecule is CNc1cc(Cc2nc(C(C)(C)C)cs2)ncn1. The molecule has 0 saturated carbocycles. The second kappa shape index (κ2) is 5.02. The molecular formula is C13H18N4S. The highest BCUT2D eigenvalue weighted by Crippen LogP contribution is 2.24. The summed E-state index contributed by atoms with van der Waals surface area (Å²) in [6.45, 7) is 6.53. The van der Waals surface area contributed by atoms with Crippen LogP contribution in [0.5, 0.6) is 0 Å². The van der Waals surface area contributed by atoms with Gasteiger partial charge in [0.05, 0.1) is 16.4 Å². The van der Waals surface area contributed by atoms with Gasteiger partial charge in [0.2, 0.25) is 0 Å². The summed E-state index contributed by atoms with van der Waals surface area (Å²) >= 11 is 1.69. The smallest absolute Gasteiger partial charge is 0.129 e. The van der Waals surface area contributed by atoms with E-state index < -0.39 is 0 Å². The van der Waals surface area contributed by atoms with Gasteiger partial charge in [-0.1, -0.05) is 20.8 Å². The topological polar surface area (TPSA) is 50.7 Å². The van der Waals surface area contributed by atoms with Crippen molar-refractivity contribution in [2.45, 2.75) is 32.6 Å². The molecule has 4 nitrogen and oxygen atoms in total. The fourth-order valence-electron chi connectivity index (χ4n) is 1.52. The van der Waals surface area contributed by atoms with E-state index in [0.29, 0.717) is 0 Å². The molecule has 2 rings (SSSR count). The van der Waals surface area contributed by atoms with Crippen LogP contribution in [0.15, 0.2) is 17.8 Å². The summed E-state index contributed by atoms with van der Waals surface area (Å²) in [7, 11) is 1.85. The number of hydrogen-bond acceptors (Lipinski definition) is 5. The van der Waals surface area contributed by atoms with Gasteiger partial charge in [-0.3, -0.25) is 0 Å². The maximum absolute atomic E-state index is 4.67. The quantitative estimate of drug-likeness (QED) is 0.924. The molecule has 0 unspecified atom stereocenters. The summed E-state index contributed by atoms with van der Waals surface area (Å²) in [6.07, 6.45) is 2.34. The maximum atomic E-state index is 4.67. The Balaban J connectivity index is 2.16. The van der Waals surface area contributed by atoms with Crippen LogP contribution in [-0.2, 0) is 11.8 Å². The average Bonchev–Trinajstić information content (AvgIpc) is 2.77. The molecule has 96 valence electrons. The molecule has 2 aromatic heterocycles. The third kappa shape index (κ3) is 3.04. The predicted octanol–water partition coefficient (Wildman–Crippen LogP) is 2.86. The van der Waals surface area contributed by atoms with Crippen molar-refractivity contribution in [1.29, 1.82) is 0 Å². The van der Waals surface area contributed by atoms with Crippen molar-refractivity contribution >= 4 is 17.2 Å². The van der Waals surface area contributed by atoms with Crippen LogP contribution in [0.3, 0.4) is 0 Å². The standard InChI is InChI=1S/C13H18N4S/c1-13(2,3)10-7-18-12(17-10)6-9-5-11(14-4)16-8-15-9/h5,7-8H,6H2,1-4H3,(H,14,15,16). The van der Waals surface area contributed by atoms with Gasteiger partial charge in [-0.2, -0.15) is 0 Å². The van der Waals surface area contributed by atoms with Gasteiger partial charge in [0, 0.05) is 30.3 Å². The Morgan fingerprint density at radius 1 is 1.28 bits per heavy atom. The molecule has 0 aliphatic rings. The lowest BCUT2D eigenvalue weighted by atomic mass is 9.93. The van der Waals surface area contributed by atoms with Crippen LogP contribution < -0.4 is 5.32 Å². The molecule has 0 aliphatic heterocycles. The van der Waals surface area contributed by atoms with Gasteiger partial charge >= 0.3 is 0 Å². The lowest BCUT2D eigenvalue weighted by Gasteiger charge is -2.14. The molecule has 0 amide bonds. The molecule has 5 heteroatoms. The molecule has 0 spiro atoms. The van der Waals surface area contributed by atoms with E-state index in [2.05, 4.69) is 46.4 Å². The van der Waals surface area contributed by atoms with Crippen LogP contribution in [0, 0.1) is 0 Å². The Hall–Kier alpha value is -1.49. The number of thiazole rings is 1. The second-order valence-electron chi connectivity index (χ2n) is 5.20. The third-order valence-electron chi connectivity index (χ3n) is 2.63. The summed E-state index contributed by atoms with van der Waals surface area (Å²) < 4.78 is 0. The first-order valence-electron chi connectivity index (χ1n) is 5.92. The number of nitrogens with one attached hydrogen (secondary N) is 1. The molecule has 18 heavy (non-hydrogen) atoms. The molecule has 0 bridgehead atoms. The Labute approximate surface area is 112 Å². The van der Waals surface area contributed by atoms with Gasteiger partial charge < -0.3 is 5.32 Å². The third-order valence-corrected chi connectivity index (χ3v) is 3.48. The highest BCUT2D eigenvalue weighted by atomic mass is 32.1. The minimum absolute atomic E-state index is 0.108. The van der Waals surface area contributed by atoms with Crippen LogP contribution in [0.1, 0.15) is 37.2 Å². The van der Waals surface area contributed by atoms with Crippen LogP contribution in [0.4, 0.5) is 5.82 Å². The van der Waals surface area contributed by atoms with Crippen molar-refractivity contribution in [3.63, 3.8) is 0 Å². The van der Waals surface area contributed by atoms with E-state index >= 15 is 0 Å². The number of hydrogen-bond donors (Lipinski definition) is 1. The van der Waals surface area contributed by atoms with Crippen LogP contribution in [0.25, 0.3) is 0 Å². The Kier molecular flexibility index (Phi) is 3.61. The molecule has 2 heterocycles. The summed E-state index contributed by atoms with van der Waals surface area (Å²) in [5.74, 6) is 0.840. The van der Waals surface area contributed by atoms with Crippen molar-refractivity contribution in [1.82, 2.24) is 15.0 Å².